The minimum atomic E-state index is 0.137. The number of alkyl halides is 1. The summed E-state index contributed by atoms with van der Waals surface area (Å²) in [6.07, 6.45) is 1.60. The van der Waals surface area contributed by atoms with E-state index in [1.807, 2.05) is 0 Å². The Morgan fingerprint density at radius 2 is 2.83 bits per heavy atom. The van der Waals surface area contributed by atoms with Gasteiger partial charge in [-0.2, -0.15) is 0 Å². The molecule has 1 heterocycles. The molecule has 0 aromatic heterocycles. The average Bonchev–Trinajstić information content (AvgIpc) is 1.86. The number of hydrogen-bond donors (Lipinski definition) is 1. The SMILES string of the molecule is BrC1[C]N=CN1. The summed E-state index contributed by atoms with van der Waals surface area (Å²) in [6, 6.07) is 0. The average molecular weight is 147 g/mol. The first-order valence-electron chi connectivity index (χ1n) is 1.57. The summed E-state index contributed by atoms with van der Waals surface area (Å²) in [4.78, 5) is 3.77. The molecule has 1 atom stereocenters. The van der Waals surface area contributed by atoms with Gasteiger partial charge in [-0.3, -0.25) is 4.99 Å². The standard InChI is InChI=1S/C3H3BrN2/c4-3-1-5-2-6-3/h2-3,6H. The van der Waals surface area contributed by atoms with Crippen LogP contribution >= 0.6 is 15.9 Å². The highest BCUT2D eigenvalue weighted by atomic mass is 79.9. The van der Waals surface area contributed by atoms with Crippen molar-refractivity contribution >= 4 is 22.3 Å². The highest BCUT2D eigenvalue weighted by molar-refractivity contribution is 9.09. The summed E-state index contributed by atoms with van der Waals surface area (Å²) in [5.74, 6) is 0. The molecule has 0 amide bonds. The summed E-state index contributed by atoms with van der Waals surface area (Å²) < 4.78 is 0. The second-order valence-corrected chi connectivity index (χ2v) is 1.83. The lowest BCUT2D eigenvalue weighted by atomic mass is 10.7. The second-order valence-electron chi connectivity index (χ2n) is 0.917. The van der Waals surface area contributed by atoms with E-state index in [4.69, 9.17) is 0 Å². The second kappa shape index (κ2) is 1.60. The van der Waals surface area contributed by atoms with Crippen LogP contribution in [0.3, 0.4) is 0 Å². The Morgan fingerprint density at radius 3 is 3.00 bits per heavy atom. The monoisotopic (exact) mass is 146 g/mol. The van der Waals surface area contributed by atoms with E-state index in [2.05, 4.69) is 32.8 Å². The highest BCUT2D eigenvalue weighted by Crippen LogP contribution is 2.02. The Bertz CT molecular complexity index is 63.2. The van der Waals surface area contributed by atoms with Crippen LogP contribution in [0, 0.1) is 6.54 Å². The Hall–Kier alpha value is -0.0500. The van der Waals surface area contributed by atoms with Crippen molar-refractivity contribution in [3.8, 4) is 0 Å². The molecule has 2 radical (unpaired) electrons. The lowest BCUT2D eigenvalue weighted by molar-refractivity contribution is 1.000. The van der Waals surface area contributed by atoms with Gasteiger partial charge in [-0.05, 0) is 0 Å². The first-order chi connectivity index (χ1) is 2.89. The topological polar surface area (TPSA) is 24.4 Å². The van der Waals surface area contributed by atoms with Crippen LogP contribution in [0.4, 0.5) is 0 Å². The van der Waals surface area contributed by atoms with Crippen LogP contribution in [0.5, 0.6) is 0 Å². The van der Waals surface area contributed by atoms with Crippen LogP contribution in [0.15, 0.2) is 4.99 Å². The molecule has 0 aromatic carbocycles. The molecule has 3 heteroatoms. The van der Waals surface area contributed by atoms with Gasteiger partial charge in [-0.25, -0.2) is 0 Å². The van der Waals surface area contributed by atoms with E-state index in [0.717, 1.165) is 0 Å². The molecule has 0 aliphatic carbocycles. The molecule has 1 rings (SSSR count). The fourth-order valence-electron chi connectivity index (χ4n) is 0.243. The van der Waals surface area contributed by atoms with E-state index >= 15 is 0 Å². The maximum absolute atomic E-state index is 3.63. The van der Waals surface area contributed by atoms with Crippen molar-refractivity contribution in [3.63, 3.8) is 0 Å². The lowest BCUT2D eigenvalue weighted by Crippen LogP contribution is -2.13. The molecule has 1 N–H and O–H groups in total. The minimum Gasteiger partial charge on any atom is -0.362 e. The molecular formula is C3H3BrN2. The zero-order chi connectivity index (χ0) is 4.41. The van der Waals surface area contributed by atoms with Gasteiger partial charge in [0, 0.05) is 0 Å². The zero-order valence-corrected chi connectivity index (χ0v) is 4.57. The Balaban J connectivity index is 2.32. The molecule has 2 nitrogen and oxygen atoms in total. The number of nitrogens with one attached hydrogen (secondary N) is 1. The molecule has 0 bridgehead atoms. The number of nitrogens with zero attached hydrogens (tertiary/aromatic N) is 1. The van der Waals surface area contributed by atoms with E-state index in [1.165, 1.54) is 0 Å². The predicted molar refractivity (Wildman–Crippen MR) is 27.6 cm³/mol. The summed E-state index contributed by atoms with van der Waals surface area (Å²) in [6.45, 7) is 2.69. The third kappa shape index (κ3) is 0.712. The van der Waals surface area contributed by atoms with Crippen molar-refractivity contribution in [2.45, 2.75) is 4.95 Å². The fourth-order valence-corrected chi connectivity index (χ4v) is 0.479. The molecule has 0 fully saturated rings. The van der Waals surface area contributed by atoms with E-state index in [0.29, 0.717) is 0 Å². The normalized spacial score (nSPS) is 30.5. The summed E-state index contributed by atoms with van der Waals surface area (Å²) >= 11 is 3.19. The molecule has 0 aromatic rings. The molecule has 0 saturated heterocycles. The largest absolute Gasteiger partial charge is 0.362 e. The Kier molecular flexibility index (Phi) is 1.10. The maximum Gasteiger partial charge on any atom is 0.154 e. The van der Waals surface area contributed by atoms with Gasteiger partial charge in [0.2, 0.25) is 0 Å². The lowest BCUT2D eigenvalue weighted by Gasteiger charge is -1.90. The van der Waals surface area contributed by atoms with Crippen molar-refractivity contribution in [2.24, 2.45) is 4.99 Å². The number of aliphatic imine (C=N–C) groups is 1. The van der Waals surface area contributed by atoms with Gasteiger partial charge in [0.15, 0.2) is 6.54 Å². The van der Waals surface area contributed by atoms with Crippen LogP contribution in [0.25, 0.3) is 0 Å². The minimum absolute atomic E-state index is 0.137. The summed E-state index contributed by atoms with van der Waals surface area (Å²) in [5.41, 5.74) is 0. The molecule has 1 aliphatic rings. The number of hydrogen-bond acceptors (Lipinski definition) is 2. The van der Waals surface area contributed by atoms with E-state index in [9.17, 15) is 0 Å². The van der Waals surface area contributed by atoms with Crippen molar-refractivity contribution in [2.75, 3.05) is 0 Å². The predicted octanol–water partition coefficient (Wildman–Crippen LogP) is 0.378. The highest BCUT2D eigenvalue weighted by Gasteiger charge is 2.03. The van der Waals surface area contributed by atoms with Gasteiger partial charge in [0.1, 0.15) is 4.95 Å². The van der Waals surface area contributed by atoms with Gasteiger partial charge in [-0.1, -0.05) is 15.9 Å². The van der Waals surface area contributed by atoms with Crippen molar-refractivity contribution in [1.82, 2.24) is 5.32 Å². The summed E-state index contributed by atoms with van der Waals surface area (Å²) in [5, 5.41) is 2.83. The van der Waals surface area contributed by atoms with Gasteiger partial charge in [0.25, 0.3) is 0 Å². The third-order valence-electron chi connectivity index (χ3n) is 0.473. The van der Waals surface area contributed by atoms with Crippen LogP contribution < -0.4 is 5.32 Å². The quantitative estimate of drug-likeness (QED) is 0.388. The van der Waals surface area contributed by atoms with Crippen molar-refractivity contribution < 1.29 is 0 Å². The molecule has 0 spiro atoms. The van der Waals surface area contributed by atoms with Crippen molar-refractivity contribution in [3.05, 3.63) is 6.54 Å². The molecule has 1 aliphatic heterocycles. The van der Waals surface area contributed by atoms with Crippen LogP contribution in [-0.2, 0) is 0 Å². The van der Waals surface area contributed by atoms with Crippen LogP contribution in [0.1, 0.15) is 0 Å². The molecule has 1 unspecified atom stereocenters. The first kappa shape index (κ1) is 4.12. The van der Waals surface area contributed by atoms with Gasteiger partial charge < -0.3 is 5.32 Å². The smallest absolute Gasteiger partial charge is 0.154 e. The molecule has 0 saturated carbocycles. The van der Waals surface area contributed by atoms with E-state index in [1.54, 1.807) is 6.34 Å². The van der Waals surface area contributed by atoms with Crippen molar-refractivity contribution in [1.29, 1.82) is 0 Å². The van der Waals surface area contributed by atoms with Gasteiger partial charge in [0.05, 0.1) is 6.34 Å². The van der Waals surface area contributed by atoms with E-state index in [-0.39, 0.29) is 4.95 Å². The Labute approximate surface area is 44.8 Å². The number of rotatable bonds is 0. The first-order valence-corrected chi connectivity index (χ1v) is 2.48. The number of halogens is 1. The van der Waals surface area contributed by atoms with Gasteiger partial charge in [-0.15, -0.1) is 0 Å². The maximum atomic E-state index is 3.63. The summed E-state index contributed by atoms with van der Waals surface area (Å²) in [7, 11) is 0. The van der Waals surface area contributed by atoms with Crippen LogP contribution in [0.2, 0.25) is 0 Å². The molecule has 6 heavy (non-hydrogen) atoms. The van der Waals surface area contributed by atoms with Gasteiger partial charge >= 0.3 is 0 Å². The molecule has 32 valence electrons. The van der Waals surface area contributed by atoms with E-state index < -0.39 is 0 Å². The fraction of sp³-hybridized carbons (Fsp3) is 0.333. The Morgan fingerprint density at radius 1 is 2.00 bits per heavy atom. The van der Waals surface area contributed by atoms with Crippen LogP contribution in [-0.4, -0.2) is 11.3 Å². The zero-order valence-electron chi connectivity index (χ0n) is 2.98. The molecular weight excluding hydrogens is 144 g/mol. The third-order valence-corrected chi connectivity index (χ3v) is 0.942.